The summed E-state index contributed by atoms with van der Waals surface area (Å²) in [6, 6.07) is 13.5. The van der Waals surface area contributed by atoms with Crippen LogP contribution in [0.25, 0.3) is 6.08 Å². The Morgan fingerprint density at radius 1 is 1.22 bits per heavy atom. The largest absolute Gasteiger partial charge is 0.334 e. The van der Waals surface area contributed by atoms with Crippen LogP contribution >= 0.6 is 22.9 Å². The second-order valence-corrected chi connectivity index (χ2v) is 7.38. The van der Waals surface area contributed by atoms with Crippen molar-refractivity contribution in [1.29, 1.82) is 0 Å². The number of hydrogen-bond acceptors (Lipinski definition) is 6. The van der Waals surface area contributed by atoms with Gasteiger partial charge in [-0.2, -0.15) is 0 Å². The molecule has 1 aromatic heterocycles. The number of anilines is 1. The molecule has 0 radical (unpaired) electrons. The molecule has 1 aliphatic heterocycles. The van der Waals surface area contributed by atoms with E-state index in [-0.39, 0.29) is 11.2 Å². The van der Waals surface area contributed by atoms with Gasteiger partial charge in [0.1, 0.15) is 13.3 Å². The second kappa shape index (κ2) is 6.98. The van der Waals surface area contributed by atoms with Crippen LogP contribution in [0.15, 0.2) is 58.3 Å². The summed E-state index contributed by atoms with van der Waals surface area (Å²) in [6.07, 6.45) is 1.80. The summed E-state index contributed by atoms with van der Waals surface area (Å²) in [5, 5.41) is 11.4. The van der Waals surface area contributed by atoms with Crippen LogP contribution in [-0.2, 0) is 6.67 Å². The van der Waals surface area contributed by atoms with E-state index in [1.165, 1.54) is 23.5 Å². The van der Waals surface area contributed by atoms with E-state index in [4.69, 9.17) is 11.6 Å². The summed E-state index contributed by atoms with van der Waals surface area (Å²) >= 11 is 7.34. The summed E-state index contributed by atoms with van der Waals surface area (Å²) in [5.41, 5.74) is 1.53. The van der Waals surface area contributed by atoms with Crippen molar-refractivity contribution in [3.05, 3.63) is 88.9 Å². The zero-order chi connectivity index (χ0) is 19.0. The Bertz CT molecular complexity index is 1200. The van der Waals surface area contributed by atoms with Crippen LogP contribution in [-0.4, -0.2) is 16.2 Å². The Hall–Kier alpha value is -2.97. The van der Waals surface area contributed by atoms with Crippen molar-refractivity contribution in [3.63, 3.8) is 0 Å². The van der Waals surface area contributed by atoms with Crippen LogP contribution in [0, 0.1) is 10.1 Å². The van der Waals surface area contributed by atoms with Crippen molar-refractivity contribution >= 4 is 40.4 Å². The first-order valence-electron chi connectivity index (χ1n) is 8.02. The molecule has 27 heavy (non-hydrogen) atoms. The zero-order valence-electron chi connectivity index (χ0n) is 13.9. The highest BCUT2D eigenvalue weighted by Gasteiger charge is 2.16. The van der Waals surface area contributed by atoms with Crippen molar-refractivity contribution < 1.29 is 4.92 Å². The monoisotopic (exact) mass is 400 g/mol. The molecule has 0 N–H and O–H groups in total. The van der Waals surface area contributed by atoms with Gasteiger partial charge in [0.05, 0.1) is 9.46 Å². The van der Waals surface area contributed by atoms with Crippen molar-refractivity contribution in [1.82, 2.24) is 4.57 Å². The molecule has 2 heterocycles. The molecule has 0 spiro atoms. The van der Waals surface area contributed by atoms with Crippen molar-refractivity contribution in [3.8, 4) is 0 Å². The molecule has 4 rings (SSSR count). The van der Waals surface area contributed by atoms with Crippen LogP contribution in [0.3, 0.4) is 0 Å². The van der Waals surface area contributed by atoms with Crippen LogP contribution in [0.2, 0.25) is 5.02 Å². The number of non-ortho nitro benzene ring substituents is 1. The van der Waals surface area contributed by atoms with Crippen molar-refractivity contribution in [2.45, 2.75) is 6.67 Å². The maximum absolute atomic E-state index is 12.8. The standard InChI is InChI=1S/C18H13ClN4O3S/c19-13-3-1-2-12(8-13)9-16-17(24)22-11-21(10-20-18(22)27-16)14-4-6-15(7-5-14)23(25)26/h1-9H,10-11H2. The lowest BCUT2D eigenvalue weighted by Crippen LogP contribution is -2.42. The van der Waals surface area contributed by atoms with Crippen molar-refractivity contribution in [2.24, 2.45) is 4.99 Å². The molecule has 0 bridgehead atoms. The number of thiazole rings is 1. The van der Waals surface area contributed by atoms with Gasteiger partial charge in [0.25, 0.3) is 11.2 Å². The Morgan fingerprint density at radius 3 is 2.70 bits per heavy atom. The molecule has 0 unspecified atom stereocenters. The Kier molecular flexibility index (Phi) is 4.51. The first-order valence-corrected chi connectivity index (χ1v) is 9.21. The Labute approximate surface area is 162 Å². The first-order chi connectivity index (χ1) is 13.0. The van der Waals surface area contributed by atoms with Gasteiger partial charge in [-0.3, -0.25) is 19.5 Å². The predicted octanol–water partition coefficient (Wildman–Crippen LogP) is 2.36. The second-order valence-electron chi connectivity index (χ2n) is 5.94. The lowest BCUT2D eigenvalue weighted by molar-refractivity contribution is -0.384. The minimum atomic E-state index is -0.441. The normalized spacial score (nSPS) is 14.0. The number of nitro benzene ring substituents is 1. The average Bonchev–Trinajstić information content (AvgIpc) is 2.97. The molecule has 9 heteroatoms. The minimum absolute atomic E-state index is 0.0273. The third-order valence-corrected chi connectivity index (χ3v) is 5.43. The average molecular weight is 401 g/mol. The molecule has 3 aromatic rings. The molecule has 0 saturated carbocycles. The number of halogens is 1. The van der Waals surface area contributed by atoms with Crippen LogP contribution in [0.4, 0.5) is 11.4 Å². The fourth-order valence-electron chi connectivity index (χ4n) is 2.81. The molecular weight excluding hydrogens is 388 g/mol. The summed E-state index contributed by atoms with van der Waals surface area (Å²) in [5.74, 6) is 0. The van der Waals surface area contributed by atoms with Crippen molar-refractivity contribution in [2.75, 3.05) is 11.6 Å². The highest BCUT2D eigenvalue weighted by atomic mass is 35.5. The summed E-state index contributed by atoms with van der Waals surface area (Å²) in [4.78, 5) is 30.1. The molecule has 2 aromatic carbocycles. The maximum atomic E-state index is 12.8. The molecule has 0 fully saturated rings. The molecule has 136 valence electrons. The van der Waals surface area contributed by atoms with E-state index < -0.39 is 4.92 Å². The van der Waals surface area contributed by atoms with Gasteiger partial charge in [-0.15, -0.1) is 0 Å². The van der Waals surface area contributed by atoms with E-state index in [1.807, 2.05) is 17.0 Å². The lowest BCUT2D eigenvalue weighted by Gasteiger charge is -2.25. The number of hydrogen-bond donors (Lipinski definition) is 0. The molecule has 0 atom stereocenters. The van der Waals surface area contributed by atoms with Crippen LogP contribution in [0.1, 0.15) is 5.56 Å². The molecule has 0 amide bonds. The SMILES string of the molecule is O=c1c(=Cc2cccc(Cl)c2)sc2n1CN(c1ccc([N+](=O)[O-])cc1)CN=2. The third-order valence-electron chi connectivity index (χ3n) is 4.15. The molecule has 0 aliphatic carbocycles. The molecule has 7 nitrogen and oxygen atoms in total. The smallest absolute Gasteiger partial charge is 0.271 e. The third kappa shape index (κ3) is 3.49. The van der Waals surface area contributed by atoms with Gasteiger partial charge < -0.3 is 4.90 Å². The van der Waals surface area contributed by atoms with Crippen LogP contribution < -0.4 is 19.8 Å². The van der Waals surface area contributed by atoms with Gasteiger partial charge in [0.2, 0.25) is 0 Å². The van der Waals surface area contributed by atoms with E-state index in [2.05, 4.69) is 4.99 Å². The predicted molar refractivity (Wildman–Crippen MR) is 105 cm³/mol. The number of nitro groups is 1. The van der Waals surface area contributed by atoms with E-state index in [1.54, 1.807) is 34.9 Å². The fraction of sp³-hybridized carbons (Fsp3) is 0.111. The van der Waals surface area contributed by atoms with Gasteiger partial charge in [0.15, 0.2) is 4.80 Å². The van der Waals surface area contributed by atoms with Gasteiger partial charge in [0, 0.05) is 22.8 Å². The van der Waals surface area contributed by atoms with Crippen LogP contribution in [0.5, 0.6) is 0 Å². The number of rotatable bonds is 3. The number of benzene rings is 2. The minimum Gasteiger partial charge on any atom is -0.334 e. The first kappa shape index (κ1) is 17.4. The number of nitrogens with zero attached hydrogens (tertiary/aromatic N) is 4. The quantitative estimate of drug-likeness (QED) is 0.499. The summed E-state index contributed by atoms with van der Waals surface area (Å²) in [7, 11) is 0. The topological polar surface area (TPSA) is 80.7 Å². The van der Waals surface area contributed by atoms with Gasteiger partial charge in [-0.25, -0.2) is 4.99 Å². The highest BCUT2D eigenvalue weighted by molar-refractivity contribution is 7.07. The Balaban J connectivity index is 1.67. The van der Waals surface area contributed by atoms with E-state index in [0.29, 0.717) is 27.7 Å². The van der Waals surface area contributed by atoms with Gasteiger partial charge >= 0.3 is 0 Å². The number of aromatic nitrogens is 1. The lowest BCUT2D eigenvalue weighted by atomic mass is 10.2. The maximum Gasteiger partial charge on any atom is 0.271 e. The van der Waals surface area contributed by atoms with Gasteiger partial charge in [-0.1, -0.05) is 35.1 Å². The highest BCUT2D eigenvalue weighted by Crippen LogP contribution is 2.20. The fourth-order valence-corrected chi connectivity index (χ4v) is 3.97. The van der Waals surface area contributed by atoms with E-state index in [0.717, 1.165) is 11.3 Å². The molecule has 0 saturated heterocycles. The number of fused-ring (bicyclic) bond motifs is 1. The Morgan fingerprint density at radius 2 is 2.00 bits per heavy atom. The van der Waals surface area contributed by atoms with E-state index >= 15 is 0 Å². The van der Waals surface area contributed by atoms with Gasteiger partial charge in [-0.05, 0) is 35.9 Å². The molecular formula is C18H13ClN4O3S. The molecule has 1 aliphatic rings. The van der Waals surface area contributed by atoms with E-state index in [9.17, 15) is 14.9 Å². The summed E-state index contributed by atoms with van der Waals surface area (Å²) < 4.78 is 2.19. The zero-order valence-corrected chi connectivity index (χ0v) is 15.5. The summed E-state index contributed by atoms with van der Waals surface area (Å²) in [6.45, 7) is 0.726.